The summed E-state index contributed by atoms with van der Waals surface area (Å²) >= 11 is 1.67. The first-order valence-corrected chi connectivity index (χ1v) is 9.99. The SMILES string of the molecule is Cc1ccc(OCc2ccc(C(=O)N3CCSCC3CC(=O)O)o2)c(C)c1. The standard InChI is InChI=1S/C20H23NO5S/c1-13-3-5-17(14(2)9-13)25-11-16-4-6-18(26-16)20(24)21-7-8-27-12-15(21)10-19(22)23/h3-6,9,15H,7-8,10-12H2,1-2H3,(H,22,23). The van der Waals surface area contributed by atoms with Crippen molar-refractivity contribution in [3.63, 3.8) is 0 Å². The quantitative estimate of drug-likeness (QED) is 0.814. The number of furan rings is 1. The van der Waals surface area contributed by atoms with Gasteiger partial charge in [-0.25, -0.2) is 0 Å². The van der Waals surface area contributed by atoms with E-state index < -0.39 is 5.97 Å². The van der Waals surface area contributed by atoms with Crippen LogP contribution in [-0.4, -0.2) is 46.0 Å². The zero-order chi connectivity index (χ0) is 19.4. The predicted octanol–water partition coefficient (Wildman–Crippen LogP) is 3.51. The van der Waals surface area contributed by atoms with Crippen LogP contribution in [0.1, 0.15) is 33.9 Å². The van der Waals surface area contributed by atoms with Gasteiger partial charge in [0.1, 0.15) is 18.1 Å². The second-order valence-corrected chi connectivity index (χ2v) is 7.80. The Kier molecular flexibility index (Phi) is 6.11. The van der Waals surface area contributed by atoms with Gasteiger partial charge < -0.3 is 19.2 Å². The average Bonchev–Trinajstić information content (AvgIpc) is 3.09. The minimum absolute atomic E-state index is 0.0535. The maximum absolute atomic E-state index is 12.8. The summed E-state index contributed by atoms with van der Waals surface area (Å²) < 4.78 is 11.5. The maximum atomic E-state index is 12.8. The number of nitrogens with zero attached hydrogens (tertiary/aromatic N) is 1. The molecule has 27 heavy (non-hydrogen) atoms. The van der Waals surface area contributed by atoms with Gasteiger partial charge in [-0.1, -0.05) is 17.7 Å². The van der Waals surface area contributed by atoms with Gasteiger partial charge in [-0.05, 0) is 37.6 Å². The summed E-state index contributed by atoms with van der Waals surface area (Å²) in [5.74, 6) is 1.81. The molecule has 0 aliphatic carbocycles. The van der Waals surface area contributed by atoms with E-state index in [1.165, 1.54) is 5.56 Å². The molecule has 1 aromatic heterocycles. The molecule has 1 amide bonds. The summed E-state index contributed by atoms with van der Waals surface area (Å²) in [6.45, 7) is 4.76. The lowest BCUT2D eigenvalue weighted by Crippen LogP contribution is -2.47. The number of hydrogen-bond donors (Lipinski definition) is 1. The van der Waals surface area contributed by atoms with E-state index in [0.717, 1.165) is 17.1 Å². The lowest BCUT2D eigenvalue weighted by molar-refractivity contribution is -0.138. The zero-order valence-electron chi connectivity index (χ0n) is 15.4. The summed E-state index contributed by atoms with van der Waals surface area (Å²) in [6, 6.07) is 8.99. The van der Waals surface area contributed by atoms with Gasteiger partial charge in [-0.3, -0.25) is 9.59 Å². The molecule has 1 N–H and O–H groups in total. The van der Waals surface area contributed by atoms with Crippen LogP contribution >= 0.6 is 11.8 Å². The third kappa shape index (κ3) is 4.86. The van der Waals surface area contributed by atoms with Crippen molar-refractivity contribution in [2.45, 2.75) is 32.9 Å². The van der Waals surface area contributed by atoms with Crippen molar-refractivity contribution in [1.29, 1.82) is 0 Å². The van der Waals surface area contributed by atoms with E-state index in [2.05, 4.69) is 0 Å². The van der Waals surface area contributed by atoms with Crippen molar-refractivity contribution in [3.8, 4) is 5.75 Å². The number of aryl methyl sites for hydroxylation is 2. The number of rotatable bonds is 6. The van der Waals surface area contributed by atoms with Crippen LogP contribution in [0.2, 0.25) is 0 Å². The third-order valence-electron chi connectivity index (χ3n) is 4.47. The molecule has 0 bridgehead atoms. The van der Waals surface area contributed by atoms with Gasteiger partial charge in [-0.2, -0.15) is 11.8 Å². The Labute approximate surface area is 162 Å². The molecule has 1 aliphatic heterocycles. The molecule has 0 radical (unpaired) electrons. The van der Waals surface area contributed by atoms with E-state index in [0.29, 0.717) is 18.1 Å². The molecule has 7 heteroatoms. The molecule has 3 rings (SSSR count). The minimum atomic E-state index is -0.901. The van der Waals surface area contributed by atoms with Gasteiger partial charge >= 0.3 is 5.97 Å². The molecule has 1 aromatic carbocycles. The van der Waals surface area contributed by atoms with Crippen molar-refractivity contribution in [2.24, 2.45) is 0 Å². The van der Waals surface area contributed by atoms with Crippen LogP contribution in [0.15, 0.2) is 34.7 Å². The van der Waals surface area contributed by atoms with Crippen LogP contribution in [0.5, 0.6) is 5.75 Å². The Bertz CT molecular complexity index is 832. The van der Waals surface area contributed by atoms with Gasteiger partial charge in [0.05, 0.1) is 12.5 Å². The van der Waals surface area contributed by atoms with E-state index in [4.69, 9.17) is 14.3 Å². The summed E-state index contributed by atoms with van der Waals surface area (Å²) in [4.78, 5) is 25.4. The van der Waals surface area contributed by atoms with E-state index in [-0.39, 0.29) is 30.7 Å². The number of carbonyl (C=O) groups excluding carboxylic acids is 1. The molecule has 0 spiro atoms. The van der Waals surface area contributed by atoms with Crippen molar-refractivity contribution >= 4 is 23.6 Å². The molecule has 1 unspecified atom stereocenters. The van der Waals surface area contributed by atoms with Crippen LogP contribution < -0.4 is 4.74 Å². The number of carboxylic acids is 1. The summed E-state index contributed by atoms with van der Waals surface area (Å²) in [5.41, 5.74) is 2.21. The van der Waals surface area contributed by atoms with Gasteiger partial charge in [0.2, 0.25) is 0 Å². The summed E-state index contributed by atoms with van der Waals surface area (Å²) in [7, 11) is 0. The molecule has 2 aromatic rings. The summed E-state index contributed by atoms with van der Waals surface area (Å²) in [5, 5.41) is 9.07. The van der Waals surface area contributed by atoms with E-state index in [1.807, 2.05) is 32.0 Å². The molecular weight excluding hydrogens is 366 g/mol. The van der Waals surface area contributed by atoms with Crippen molar-refractivity contribution in [3.05, 3.63) is 53.0 Å². The Hall–Kier alpha value is -2.41. The largest absolute Gasteiger partial charge is 0.485 e. The topological polar surface area (TPSA) is 80.0 Å². The second kappa shape index (κ2) is 8.52. The molecular formula is C20H23NO5S. The first-order valence-electron chi connectivity index (χ1n) is 8.83. The molecule has 1 aliphatic rings. The maximum Gasteiger partial charge on any atom is 0.305 e. The van der Waals surface area contributed by atoms with Gasteiger partial charge in [-0.15, -0.1) is 0 Å². The van der Waals surface area contributed by atoms with Gasteiger partial charge in [0.15, 0.2) is 5.76 Å². The van der Waals surface area contributed by atoms with Crippen molar-refractivity contribution < 1.29 is 23.8 Å². The monoisotopic (exact) mass is 389 g/mol. The fourth-order valence-electron chi connectivity index (χ4n) is 3.11. The predicted molar refractivity (Wildman–Crippen MR) is 103 cm³/mol. The van der Waals surface area contributed by atoms with Crippen LogP contribution in [0.3, 0.4) is 0 Å². The Morgan fingerprint density at radius 3 is 2.85 bits per heavy atom. The molecule has 1 atom stereocenters. The lowest BCUT2D eigenvalue weighted by Gasteiger charge is -2.33. The van der Waals surface area contributed by atoms with Gasteiger partial charge in [0.25, 0.3) is 5.91 Å². The molecule has 6 nitrogen and oxygen atoms in total. The summed E-state index contributed by atoms with van der Waals surface area (Å²) in [6.07, 6.45) is -0.0535. The Morgan fingerprint density at radius 1 is 1.30 bits per heavy atom. The first kappa shape index (κ1) is 19.4. The Morgan fingerprint density at radius 2 is 2.11 bits per heavy atom. The van der Waals surface area contributed by atoms with E-state index >= 15 is 0 Å². The molecule has 2 heterocycles. The van der Waals surface area contributed by atoms with Crippen LogP contribution in [0, 0.1) is 13.8 Å². The zero-order valence-corrected chi connectivity index (χ0v) is 16.3. The highest BCUT2D eigenvalue weighted by Crippen LogP contribution is 2.23. The normalized spacial score (nSPS) is 17.0. The Balaban J connectivity index is 1.65. The highest BCUT2D eigenvalue weighted by molar-refractivity contribution is 7.99. The lowest BCUT2D eigenvalue weighted by atomic mass is 10.1. The van der Waals surface area contributed by atoms with Crippen molar-refractivity contribution in [1.82, 2.24) is 4.90 Å². The number of carbonyl (C=O) groups is 2. The van der Waals surface area contributed by atoms with Crippen LogP contribution in [0.4, 0.5) is 0 Å². The minimum Gasteiger partial charge on any atom is -0.485 e. The highest BCUT2D eigenvalue weighted by atomic mass is 32.2. The first-order chi connectivity index (χ1) is 12.9. The fourth-order valence-corrected chi connectivity index (χ4v) is 4.18. The molecule has 0 saturated carbocycles. The number of benzene rings is 1. The second-order valence-electron chi connectivity index (χ2n) is 6.65. The third-order valence-corrected chi connectivity index (χ3v) is 5.56. The van der Waals surface area contributed by atoms with E-state index in [9.17, 15) is 9.59 Å². The molecule has 1 fully saturated rings. The fraction of sp³-hybridized carbons (Fsp3) is 0.400. The number of thioether (sulfide) groups is 1. The highest BCUT2D eigenvalue weighted by Gasteiger charge is 2.31. The number of amides is 1. The number of aliphatic carboxylic acids is 1. The number of ether oxygens (including phenoxy) is 1. The van der Waals surface area contributed by atoms with Crippen LogP contribution in [0.25, 0.3) is 0 Å². The number of hydrogen-bond acceptors (Lipinski definition) is 5. The molecule has 1 saturated heterocycles. The molecule has 144 valence electrons. The number of carboxylic acid groups (broad SMARTS) is 1. The van der Waals surface area contributed by atoms with Gasteiger partial charge in [0, 0.05) is 18.1 Å². The van der Waals surface area contributed by atoms with Crippen LogP contribution in [-0.2, 0) is 11.4 Å². The van der Waals surface area contributed by atoms with Crippen molar-refractivity contribution in [2.75, 3.05) is 18.1 Å². The van der Waals surface area contributed by atoms with E-state index in [1.54, 1.807) is 28.8 Å². The average molecular weight is 389 g/mol. The smallest absolute Gasteiger partial charge is 0.305 e.